The summed E-state index contributed by atoms with van der Waals surface area (Å²) in [6, 6.07) is 0. The molecule has 4 saturated carbocycles. The minimum Gasteiger partial charge on any atom is -0.394 e. The predicted octanol–water partition coefficient (Wildman–Crippen LogP) is -3.30. The van der Waals surface area contributed by atoms with E-state index in [-0.39, 0.29) is 22.9 Å². The summed E-state index contributed by atoms with van der Waals surface area (Å²) >= 11 is 0. The van der Waals surface area contributed by atoms with Crippen LogP contribution in [-0.4, -0.2) is 240 Å². The van der Waals surface area contributed by atoms with Crippen LogP contribution in [0.4, 0.5) is 0 Å². The third-order valence-corrected chi connectivity index (χ3v) is 20.0. The van der Waals surface area contributed by atoms with Gasteiger partial charge in [-0.3, -0.25) is 0 Å². The fourth-order valence-corrected chi connectivity index (χ4v) is 16.0. The third kappa shape index (κ3) is 9.49. The summed E-state index contributed by atoms with van der Waals surface area (Å²) in [5.41, 5.74) is -0.0354. The molecule has 0 amide bonds. The highest BCUT2D eigenvalue weighted by atomic mass is 16.8. The number of aliphatic hydroxyl groups excluding tert-OH is 13. The van der Waals surface area contributed by atoms with Crippen molar-refractivity contribution in [2.75, 3.05) is 33.0 Å². The van der Waals surface area contributed by atoms with E-state index in [2.05, 4.69) is 27.7 Å². The summed E-state index contributed by atoms with van der Waals surface area (Å²) in [4.78, 5) is 0. The molecule has 420 valence electrons. The van der Waals surface area contributed by atoms with Crippen LogP contribution < -0.4 is 0 Å². The van der Waals surface area contributed by atoms with E-state index in [1.807, 2.05) is 0 Å². The van der Waals surface area contributed by atoms with Crippen LogP contribution in [0.5, 0.6) is 0 Å². The van der Waals surface area contributed by atoms with E-state index in [1.165, 1.54) is 0 Å². The van der Waals surface area contributed by atoms with Crippen LogP contribution in [0.1, 0.15) is 85.5 Å². The van der Waals surface area contributed by atoms with E-state index in [4.69, 9.17) is 47.4 Å². The lowest BCUT2D eigenvalue weighted by Crippen LogP contribution is -2.68. The topological polar surface area (TPSA) is 355 Å². The van der Waals surface area contributed by atoms with Crippen molar-refractivity contribution in [2.45, 2.75) is 226 Å². The van der Waals surface area contributed by atoms with Gasteiger partial charge in [0.2, 0.25) is 0 Å². The van der Waals surface area contributed by atoms with E-state index in [1.54, 1.807) is 0 Å². The highest BCUT2D eigenvalue weighted by Crippen LogP contribution is 2.71. The van der Waals surface area contributed by atoms with E-state index in [0.29, 0.717) is 48.3 Å². The smallest absolute Gasteiger partial charge is 0.187 e. The Bertz CT molecular complexity index is 1860. The lowest BCUT2D eigenvalue weighted by molar-refractivity contribution is -0.390. The molecular formula is C50H82O23. The van der Waals surface area contributed by atoms with Crippen LogP contribution >= 0.6 is 0 Å². The highest BCUT2D eigenvalue weighted by Gasteiger charge is 2.70. The maximum Gasteiger partial charge on any atom is 0.187 e. The maximum atomic E-state index is 11.9. The first kappa shape index (κ1) is 55.4. The summed E-state index contributed by atoms with van der Waals surface area (Å²) in [5.74, 6) is 2.40. The van der Waals surface area contributed by atoms with Gasteiger partial charge in [0.25, 0.3) is 0 Å². The SMILES string of the molecule is C[C@@H]1CC[C@]2(OC1)O[C@H]1C[C@H]3[C@@H]4CC[C@H]5C[C@@H](O[C@@H]6O[C@H](CO)[C@H](O[C@@H]7[C@@H](O)[C@H](O[C@@H]8[C@@H](O[C@@H]9OC[C@@H](O)[C@H](O)[C@H]9O)[C@H](O)[C@@H](CO)O[C@H]8O)O[C@H](CO)[C@H]7O)[C@H](O)[C@H]6O)[C@H](O)C[C@]5(C)[C@H]4CC[C@]3(C)[C@H]1[C@@H]2C. The van der Waals surface area contributed by atoms with Gasteiger partial charge in [-0.2, -0.15) is 0 Å². The molecule has 73 heavy (non-hydrogen) atoms. The normalized spacial score (nSPS) is 58.2. The number of hydrogen-bond acceptors (Lipinski definition) is 23. The first-order chi connectivity index (χ1) is 34.7. The van der Waals surface area contributed by atoms with Crippen LogP contribution in [0.3, 0.4) is 0 Å². The van der Waals surface area contributed by atoms with Crippen molar-refractivity contribution < 1.29 is 114 Å². The average molecular weight is 1050 g/mol. The molecule has 0 bridgehead atoms. The maximum absolute atomic E-state index is 11.9. The molecule has 4 aliphatic carbocycles. The van der Waals surface area contributed by atoms with Gasteiger partial charge in [-0.15, -0.1) is 0 Å². The van der Waals surface area contributed by atoms with Gasteiger partial charge in [0, 0.05) is 12.3 Å². The molecule has 6 aliphatic heterocycles. The molecule has 10 aliphatic rings. The predicted molar refractivity (Wildman–Crippen MR) is 244 cm³/mol. The van der Waals surface area contributed by atoms with Crippen LogP contribution in [-0.2, 0) is 47.4 Å². The van der Waals surface area contributed by atoms with Crippen molar-refractivity contribution in [3.8, 4) is 0 Å². The van der Waals surface area contributed by atoms with Gasteiger partial charge in [0.05, 0.1) is 51.3 Å². The monoisotopic (exact) mass is 1050 g/mol. The molecule has 0 aromatic rings. The molecule has 23 heteroatoms. The molecule has 0 unspecified atom stereocenters. The molecule has 10 fully saturated rings. The molecule has 10 rings (SSSR count). The first-order valence-corrected chi connectivity index (χ1v) is 26.8. The zero-order valence-electron chi connectivity index (χ0n) is 42.0. The molecule has 6 saturated heterocycles. The summed E-state index contributed by atoms with van der Waals surface area (Å²) < 4.78 is 59.9. The second kappa shape index (κ2) is 21.3. The van der Waals surface area contributed by atoms with E-state index < -0.39 is 161 Å². The Kier molecular flexibility index (Phi) is 16.1. The molecule has 0 aromatic heterocycles. The molecule has 32 atom stereocenters. The Morgan fingerprint density at radius 1 is 0.534 bits per heavy atom. The van der Waals surface area contributed by atoms with Crippen molar-refractivity contribution in [3.63, 3.8) is 0 Å². The van der Waals surface area contributed by atoms with Gasteiger partial charge in [-0.05, 0) is 97.7 Å². The van der Waals surface area contributed by atoms with E-state index >= 15 is 0 Å². The summed E-state index contributed by atoms with van der Waals surface area (Å²) in [6.45, 7) is 7.11. The van der Waals surface area contributed by atoms with Crippen LogP contribution in [0.25, 0.3) is 0 Å². The fourth-order valence-electron chi connectivity index (χ4n) is 16.0. The Morgan fingerprint density at radius 2 is 1.19 bits per heavy atom. The summed E-state index contributed by atoms with van der Waals surface area (Å²) in [5, 5.41) is 142. The third-order valence-electron chi connectivity index (χ3n) is 20.0. The molecule has 1 spiro atoms. The number of aliphatic hydroxyl groups is 13. The molecule has 0 radical (unpaired) electrons. The summed E-state index contributed by atoms with van der Waals surface area (Å²) in [6.07, 6.45) is -26.7. The minimum absolute atomic E-state index is 0.138. The van der Waals surface area contributed by atoms with Gasteiger partial charge in [0.1, 0.15) is 91.6 Å². The van der Waals surface area contributed by atoms with Gasteiger partial charge >= 0.3 is 0 Å². The van der Waals surface area contributed by atoms with Crippen molar-refractivity contribution in [1.29, 1.82) is 0 Å². The van der Waals surface area contributed by atoms with Crippen molar-refractivity contribution in [3.05, 3.63) is 0 Å². The Balaban J connectivity index is 0.783. The number of rotatable bonds is 11. The minimum atomic E-state index is -2.05. The van der Waals surface area contributed by atoms with Crippen LogP contribution in [0.15, 0.2) is 0 Å². The van der Waals surface area contributed by atoms with Gasteiger partial charge in [0.15, 0.2) is 30.9 Å². The quantitative estimate of drug-likeness (QED) is 0.0902. The van der Waals surface area contributed by atoms with E-state index in [9.17, 15) is 66.4 Å². The molecule has 6 heterocycles. The van der Waals surface area contributed by atoms with Crippen LogP contribution in [0, 0.1) is 52.3 Å². The van der Waals surface area contributed by atoms with Gasteiger partial charge < -0.3 is 114 Å². The average Bonchev–Trinajstić information content (AvgIpc) is 3.81. The van der Waals surface area contributed by atoms with Crippen molar-refractivity contribution >= 4 is 0 Å². The van der Waals surface area contributed by atoms with Gasteiger partial charge in [-0.25, -0.2) is 0 Å². The molecule has 23 nitrogen and oxygen atoms in total. The molecule has 0 aromatic carbocycles. The zero-order valence-corrected chi connectivity index (χ0v) is 42.0. The molecular weight excluding hydrogens is 969 g/mol. The Hall–Kier alpha value is -0.920. The Morgan fingerprint density at radius 3 is 1.89 bits per heavy atom. The number of ether oxygens (including phenoxy) is 10. The van der Waals surface area contributed by atoms with Crippen molar-refractivity contribution in [1.82, 2.24) is 0 Å². The second-order valence-electron chi connectivity index (χ2n) is 24.0. The second-order valence-corrected chi connectivity index (χ2v) is 24.0. The molecule has 13 N–H and O–H groups in total. The lowest BCUT2D eigenvalue weighted by Gasteiger charge is -2.62. The Labute approximate surface area is 424 Å². The summed E-state index contributed by atoms with van der Waals surface area (Å²) in [7, 11) is 0. The lowest BCUT2D eigenvalue weighted by atomic mass is 9.44. The number of hydrogen-bond donors (Lipinski definition) is 13. The largest absolute Gasteiger partial charge is 0.394 e. The standard InChI is InChI=1S/C50H82O23/c1-19-7-10-50(65-17-19)20(2)32-28(73-50)12-24-22-6-5-21-11-27(25(54)13-49(21,4)23(22)8-9-48(24,32)3)67-46-38(61)36(59)40(31(16-53)69-46)70-41-34(57)30(15-52)68-47(39(41)62)72-43-42(35(58)29(14-51)66-44(43)63)71-45-37(60)33(56)26(55)18-64-45/h19-47,51-63H,5-18H2,1-4H3/t19-,20+,21+,22-,23+,24+,25-,26-,27-,28+,29-,30-,31-,32+,33+,34-,35-,36-,37-,38-,39-,40+,41+,42+,43-,44-,45+,46-,47+,48+,49+,50+/m1/s1. The zero-order chi connectivity index (χ0) is 52.2. The van der Waals surface area contributed by atoms with Crippen LogP contribution in [0.2, 0.25) is 0 Å². The first-order valence-electron chi connectivity index (χ1n) is 26.8. The van der Waals surface area contributed by atoms with E-state index in [0.717, 1.165) is 51.6 Å². The number of fused-ring (bicyclic) bond motifs is 7. The highest BCUT2D eigenvalue weighted by molar-refractivity contribution is 5.16. The van der Waals surface area contributed by atoms with Crippen molar-refractivity contribution in [2.24, 2.45) is 52.3 Å². The fraction of sp³-hybridized carbons (Fsp3) is 1.00. The van der Waals surface area contributed by atoms with Gasteiger partial charge in [-0.1, -0.05) is 27.7 Å².